The minimum Gasteiger partial charge on any atom is -0.480 e. The summed E-state index contributed by atoms with van der Waals surface area (Å²) in [6, 6.07) is 10.9. The highest BCUT2D eigenvalue weighted by molar-refractivity contribution is 6.14. The average molecular weight is 475 g/mol. The summed E-state index contributed by atoms with van der Waals surface area (Å²) in [5.41, 5.74) is 3.97. The Balaban J connectivity index is 1.86. The summed E-state index contributed by atoms with van der Waals surface area (Å²) in [5.74, 6) is -0.709. The van der Waals surface area contributed by atoms with Gasteiger partial charge in [0.15, 0.2) is 0 Å². The van der Waals surface area contributed by atoms with Gasteiger partial charge in [0.05, 0.1) is 24.8 Å². The average Bonchev–Trinajstić information content (AvgIpc) is 2.85. The zero-order valence-corrected chi connectivity index (χ0v) is 20.5. The van der Waals surface area contributed by atoms with E-state index in [4.69, 9.17) is 14.9 Å². The highest BCUT2D eigenvalue weighted by Crippen LogP contribution is 2.46. The van der Waals surface area contributed by atoms with Crippen molar-refractivity contribution in [1.82, 2.24) is 4.98 Å². The molecule has 0 atom stereocenters. The minimum atomic E-state index is -0.524. The molecule has 35 heavy (non-hydrogen) atoms. The van der Waals surface area contributed by atoms with Crippen molar-refractivity contribution in [3.63, 3.8) is 0 Å². The molecule has 0 saturated heterocycles. The third-order valence-corrected chi connectivity index (χ3v) is 6.71. The van der Waals surface area contributed by atoms with Gasteiger partial charge in [-0.15, -0.1) is 0 Å². The van der Waals surface area contributed by atoms with Crippen molar-refractivity contribution in [1.29, 1.82) is 5.41 Å². The lowest BCUT2D eigenvalue weighted by molar-refractivity contribution is 0.0522. The largest absolute Gasteiger partial charge is 0.480 e. The van der Waals surface area contributed by atoms with E-state index in [0.29, 0.717) is 27.7 Å². The van der Waals surface area contributed by atoms with E-state index in [2.05, 4.69) is 22.5 Å². The number of amides is 1. The van der Waals surface area contributed by atoms with E-state index in [1.807, 2.05) is 18.2 Å². The highest BCUT2D eigenvalue weighted by atomic mass is 16.5. The first-order valence-electron chi connectivity index (χ1n) is 11.7. The standard InChI is InChI=1S/C27H30N4O4/c1-5-35-26(33)19-14-16-7-9-20(27(2)11-6-12-27)22(23(16)31-25(19)34-4)24(32)30-18-8-10-21(29-3)17(13-18)15-28/h7-10,13-15,28-29H,5-6,11-12H2,1-4H3,(H,30,32). The number of carbonyl (C=O) groups excluding carboxylic acids is 2. The van der Waals surface area contributed by atoms with E-state index in [9.17, 15) is 9.59 Å². The van der Waals surface area contributed by atoms with Crippen molar-refractivity contribution in [2.75, 3.05) is 31.4 Å². The molecule has 8 nitrogen and oxygen atoms in total. The van der Waals surface area contributed by atoms with Crippen LogP contribution in [0.4, 0.5) is 11.4 Å². The van der Waals surface area contributed by atoms with Gasteiger partial charge in [-0.3, -0.25) is 4.79 Å². The number of benzene rings is 2. The van der Waals surface area contributed by atoms with Crippen LogP contribution in [0.15, 0.2) is 36.4 Å². The van der Waals surface area contributed by atoms with Gasteiger partial charge in [-0.25, -0.2) is 9.78 Å². The van der Waals surface area contributed by atoms with Crippen molar-refractivity contribution in [3.8, 4) is 5.88 Å². The lowest BCUT2D eigenvalue weighted by atomic mass is 9.64. The number of fused-ring (bicyclic) bond motifs is 1. The van der Waals surface area contributed by atoms with E-state index in [0.717, 1.165) is 30.5 Å². The molecule has 0 unspecified atom stereocenters. The van der Waals surface area contributed by atoms with Crippen molar-refractivity contribution >= 4 is 40.4 Å². The monoisotopic (exact) mass is 474 g/mol. The highest BCUT2D eigenvalue weighted by Gasteiger charge is 2.38. The molecule has 1 fully saturated rings. The van der Waals surface area contributed by atoms with E-state index in [1.54, 1.807) is 32.2 Å². The molecule has 182 valence electrons. The molecule has 0 spiro atoms. The second-order valence-electron chi connectivity index (χ2n) is 8.89. The van der Waals surface area contributed by atoms with E-state index >= 15 is 0 Å². The fourth-order valence-corrected chi connectivity index (χ4v) is 4.62. The Labute approximate surface area is 204 Å². The molecule has 3 N–H and O–H groups in total. The maximum atomic E-state index is 13.8. The predicted octanol–water partition coefficient (Wildman–Crippen LogP) is 5.15. The molecule has 8 heteroatoms. The van der Waals surface area contributed by atoms with Crippen molar-refractivity contribution in [3.05, 3.63) is 58.7 Å². The summed E-state index contributed by atoms with van der Waals surface area (Å²) < 4.78 is 10.6. The van der Waals surface area contributed by atoms with Crippen LogP contribution in [0.1, 0.15) is 65.0 Å². The summed E-state index contributed by atoms with van der Waals surface area (Å²) in [4.78, 5) is 30.9. The molecule has 1 saturated carbocycles. The topological polar surface area (TPSA) is 113 Å². The Hall–Kier alpha value is -3.94. The molecule has 2 aromatic carbocycles. The SMILES string of the molecule is CCOC(=O)c1cc2ccc(C3(C)CCC3)c(C(=O)Nc3ccc(NC)c(C=N)c3)c2nc1OC. The molecule has 0 aliphatic heterocycles. The number of nitrogens with zero attached hydrogens (tertiary/aromatic N) is 1. The third kappa shape index (κ3) is 4.43. The van der Waals surface area contributed by atoms with Crippen LogP contribution >= 0.6 is 0 Å². The number of hydrogen-bond acceptors (Lipinski definition) is 7. The van der Waals surface area contributed by atoms with Gasteiger partial charge in [-0.2, -0.15) is 0 Å². The first-order chi connectivity index (χ1) is 16.8. The molecule has 4 rings (SSSR count). The van der Waals surface area contributed by atoms with Crippen LogP contribution in [-0.2, 0) is 10.2 Å². The predicted molar refractivity (Wildman–Crippen MR) is 137 cm³/mol. The van der Waals surface area contributed by atoms with E-state index in [1.165, 1.54) is 13.3 Å². The quantitative estimate of drug-likeness (QED) is 0.307. The number of anilines is 2. The Bertz CT molecular complexity index is 1310. The fraction of sp³-hybridized carbons (Fsp3) is 0.333. The van der Waals surface area contributed by atoms with Gasteiger partial charge in [-0.05, 0) is 55.0 Å². The van der Waals surface area contributed by atoms with E-state index < -0.39 is 5.97 Å². The lowest BCUT2D eigenvalue weighted by Gasteiger charge is -2.40. The van der Waals surface area contributed by atoms with Crippen LogP contribution in [0, 0.1) is 5.41 Å². The molecular weight excluding hydrogens is 444 g/mol. The minimum absolute atomic E-state index is 0.116. The number of aromatic nitrogens is 1. The molecule has 1 amide bonds. The zero-order chi connectivity index (χ0) is 25.2. The van der Waals surface area contributed by atoms with Gasteiger partial charge >= 0.3 is 5.97 Å². The smallest absolute Gasteiger partial charge is 0.343 e. The maximum Gasteiger partial charge on any atom is 0.343 e. The Morgan fingerprint density at radius 1 is 1.20 bits per heavy atom. The van der Waals surface area contributed by atoms with Crippen LogP contribution in [0.3, 0.4) is 0 Å². The molecule has 1 aromatic heterocycles. The van der Waals surface area contributed by atoms with Crippen LogP contribution < -0.4 is 15.4 Å². The number of carbonyl (C=O) groups is 2. The molecule has 0 bridgehead atoms. The van der Waals surface area contributed by atoms with E-state index in [-0.39, 0.29) is 29.4 Å². The van der Waals surface area contributed by atoms with Crippen LogP contribution in [0.25, 0.3) is 10.9 Å². The summed E-state index contributed by atoms with van der Waals surface area (Å²) in [7, 11) is 3.22. The Morgan fingerprint density at radius 3 is 2.57 bits per heavy atom. The number of nitrogens with one attached hydrogen (secondary N) is 3. The van der Waals surface area contributed by atoms with Crippen LogP contribution in [0.5, 0.6) is 5.88 Å². The van der Waals surface area contributed by atoms with Gasteiger partial charge in [0.2, 0.25) is 5.88 Å². The second-order valence-corrected chi connectivity index (χ2v) is 8.89. The van der Waals surface area contributed by atoms with Gasteiger partial charge in [0.25, 0.3) is 5.91 Å². The molecule has 1 heterocycles. The summed E-state index contributed by atoms with van der Waals surface area (Å²) in [6.07, 6.45) is 4.29. The van der Waals surface area contributed by atoms with Crippen molar-refractivity contribution in [2.24, 2.45) is 0 Å². The normalized spacial score (nSPS) is 14.1. The number of esters is 1. The van der Waals surface area contributed by atoms with Gasteiger partial charge in [0.1, 0.15) is 5.56 Å². The zero-order valence-electron chi connectivity index (χ0n) is 20.5. The maximum absolute atomic E-state index is 13.8. The van der Waals surface area contributed by atoms with Crippen LogP contribution in [-0.4, -0.2) is 43.8 Å². The summed E-state index contributed by atoms with van der Waals surface area (Å²) >= 11 is 0. The number of hydrogen-bond donors (Lipinski definition) is 3. The van der Waals surface area contributed by atoms with Crippen molar-refractivity contribution in [2.45, 2.75) is 38.5 Å². The molecule has 1 aliphatic rings. The molecular formula is C27H30N4O4. The number of pyridine rings is 1. The van der Waals surface area contributed by atoms with Gasteiger partial charge in [0, 0.05) is 35.6 Å². The Kier molecular flexibility index (Phi) is 6.73. The molecule has 3 aromatic rings. The Morgan fingerprint density at radius 2 is 1.97 bits per heavy atom. The lowest BCUT2D eigenvalue weighted by Crippen LogP contribution is -2.33. The van der Waals surface area contributed by atoms with Gasteiger partial charge < -0.3 is 25.5 Å². The third-order valence-electron chi connectivity index (χ3n) is 6.71. The summed E-state index contributed by atoms with van der Waals surface area (Å²) in [5, 5.41) is 14.4. The first-order valence-corrected chi connectivity index (χ1v) is 11.7. The molecule has 1 aliphatic carbocycles. The first kappa shape index (κ1) is 24.2. The van der Waals surface area contributed by atoms with Gasteiger partial charge in [-0.1, -0.05) is 25.5 Å². The molecule has 0 radical (unpaired) electrons. The van der Waals surface area contributed by atoms with Crippen LogP contribution in [0.2, 0.25) is 0 Å². The number of methoxy groups -OCH3 is 1. The number of ether oxygens (including phenoxy) is 2. The fourth-order valence-electron chi connectivity index (χ4n) is 4.62. The second kappa shape index (κ2) is 9.74. The number of rotatable bonds is 8. The summed E-state index contributed by atoms with van der Waals surface area (Å²) in [6.45, 7) is 4.13. The van der Waals surface area contributed by atoms with Crippen molar-refractivity contribution < 1.29 is 19.1 Å².